The minimum absolute atomic E-state index is 0.617. The van der Waals surface area contributed by atoms with Crippen LogP contribution < -0.4 is 4.74 Å². The number of halogens is 1. The summed E-state index contributed by atoms with van der Waals surface area (Å²) in [7, 11) is 0. The molecule has 3 nitrogen and oxygen atoms in total. The Bertz CT molecular complexity index is 514. The first-order valence-electron chi connectivity index (χ1n) is 5.27. The molecule has 0 bridgehead atoms. The zero-order chi connectivity index (χ0) is 11.5. The van der Waals surface area contributed by atoms with Gasteiger partial charge in [-0.3, -0.25) is 0 Å². The van der Waals surface area contributed by atoms with E-state index in [2.05, 4.69) is 16.9 Å². The van der Waals surface area contributed by atoms with E-state index in [0.29, 0.717) is 23.3 Å². The molecule has 0 radical (unpaired) electrons. The third-order valence-corrected chi connectivity index (χ3v) is 2.41. The van der Waals surface area contributed by atoms with Crippen molar-refractivity contribution in [1.29, 1.82) is 0 Å². The topological polar surface area (TPSA) is 35.0 Å². The lowest BCUT2D eigenvalue weighted by Crippen LogP contribution is -2.00. The number of aromatic nitrogens is 2. The maximum absolute atomic E-state index is 5.95. The lowest BCUT2D eigenvalue weighted by molar-refractivity contribution is 0.308. The Balaban J connectivity index is 2.55. The molecule has 0 aliphatic carbocycles. The second-order valence-corrected chi connectivity index (χ2v) is 4.02. The molecule has 84 valence electrons. The van der Waals surface area contributed by atoms with Gasteiger partial charge in [0.2, 0.25) is 5.88 Å². The van der Waals surface area contributed by atoms with E-state index >= 15 is 0 Å². The Morgan fingerprint density at radius 2 is 2.12 bits per heavy atom. The van der Waals surface area contributed by atoms with E-state index in [1.165, 1.54) is 0 Å². The molecule has 2 aromatic rings. The van der Waals surface area contributed by atoms with E-state index in [-0.39, 0.29) is 0 Å². The first-order chi connectivity index (χ1) is 7.70. The molecule has 0 N–H and O–H groups in total. The average molecular weight is 237 g/mol. The van der Waals surface area contributed by atoms with Crippen molar-refractivity contribution in [2.24, 2.45) is 0 Å². The third kappa shape index (κ3) is 2.25. The van der Waals surface area contributed by atoms with E-state index in [1.54, 1.807) is 0 Å². The van der Waals surface area contributed by atoms with Gasteiger partial charge in [-0.25, -0.2) is 4.98 Å². The number of benzene rings is 1. The van der Waals surface area contributed by atoms with Crippen LogP contribution in [0.15, 0.2) is 18.2 Å². The summed E-state index contributed by atoms with van der Waals surface area (Å²) in [6.07, 6.45) is 0.950. The van der Waals surface area contributed by atoms with Crippen LogP contribution in [0.1, 0.15) is 19.2 Å². The van der Waals surface area contributed by atoms with Crippen molar-refractivity contribution in [3.63, 3.8) is 0 Å². The van der Waals surface area contributed by atoms with Crippen molar-refractivity contribution in [3.8, 4) is 5.88 Å². The maximum Gasteiger partial charge on any atom is 0.224 e. The normalized spacial score (nSPS) is 10.7. The molecule has 0 saturated heterocycles. The second kappa shape index (κ2) is 4.66. The van der Waals surface area contributed by atoms with Gasteiger partial charge in [0, 0.05) is 5.02 Å². The van der Waals surface area contributed by atoms with Crippen LogP contribution in [0.2, 0.25) is 5.02 Å². The van der Waals surface area contributed by atoms with Crippen LogP contribution in [0, 0.1) is 6.92 Å². The molecule has 1 heterocycles. The van der Waals surface area contributed by atoms with Gasteiger partial charge in [-0.2, -0.15) is 4.98 Å². The number of hydrogen-bond acceptors (Lipinski definition) is 3. The number of ether oxygens (including phenoxy) is 1. The first kappa shape index (κ1) is 11.1. The van der Waals surface area contributed by atoms with Crippen LogP contribution in [0.4, 0.5) is 0 Å². The molecular formula is C12H13ClN2O. The molecule has 2 rings (SSSR count). The summed E-state index contributed by atoms with van der Waals surface area (Å²) in [5.41, 5.74) is 0.864. The summed E-state index contributed by atoms with van der Waals surface area (Å²) >= 11 is 5.95. The lowest BCUT2D eigenvalue weighted by Gasteiger charge is -2.08. The quantitative estimate of drug-likeness (QED) is 0.820. The van der Waals surface area contributed by atoms with Crippen molar-refractivity contribution < 1.29 is 4.74 Å². The molecule has 4 heteroatoms. The smallest absolute Gasteiger partial charge is 0.224 e. The van der Waals surface area contributed by atoms with Gasteiger partial charge in [0.25, 0.3) is 0 Å². The van der Waals surface area contributed by atoms with Gasteiger partial charge in [-0.1, -0.05) is 18.5 Å². The number of aryl methyl sites for hydroxylation is 1. The Kier molecular flexibility index (Phi) is 3.25. The fourth-order valence-electron chi connectivity index (χ4n) is 1.49. The fraction of sp³-hybridized carbons (Fsp3) is 0.333. The molecule has 0 aliphatic rings. The van der Waals surface area contributed by atoms with Crippen molar-refractivity contribution in [1.82, 2.24) is 9.97 Å². The standard InChI is InChI=1S/C12H13ClN2O/c1-3-6-16-12-10-7-9(13)4-5-11(10)14-8(2)15-12/h4-5,7H,3,6H2,1-2H3. The minimum Gasteiger partial charge on any atom is -0.477 e. The highest BCUT2D eigenvalue weighted by atomic mass is 35.5. The zero-order valence-electron chi connectivity index (χ0n) is 9.33. The highest BCUT2D eigenvalue weighted by Gasteiger charge is 2.07. The van der Waals surface area contributed by atoms with Crippen molar-refractivity contribution in [2.75, 3.05) is 6.61 Å². The van der Waals surface area contributed by atoms with E-state index < -0.39 is 0 Å². The van der Waals surface area contributed by atoms with Gasteiger partial charge in [-0.05, 0) is 31.5 Å². The zero-order valence-corrected chi connectivity index (χ0v) is 10.1. The van der Waals surface area contributed by atoms with Crippen molar-refractivity contribution >= 4 is 22.5 Å². The highest BCUT2D eigenvalue weighted by Crippen LogP contribution is 2.25. The van der Waals surface area contributed by atoms with E-state index in [1.807, 2.05) is 25.1 Å². The van der Waals surface area contributed by atoms with E-state index in [0.717, 1.165) is 17.3 Å². The molecule has 0 amide bonds. The summed E-state index contributed by atoms with van der Waals surface area (Å²) in [6, 6.07) is 5.53. The predicted octanol–water partition coefficient (Wildman–Crippen LogP) is 3.38. The molecule has 0 fully saturated rings. The van der Waals surface area contributed by atoms with Gasteiger partial charge in [0.1, 0.15) is 5.82 Å². The fourth-order valence-corrected chi connectivity index (χ4v) is 1.66. The molecule has 0 atom stereocenters. The first-order valence-corrected chi connectivity index (χ1v) is 5.65. The largest absolute Gasteiger partial charge is 0.477 e. The van der Waals surface area contributed by atoms with Gasteiger partial charge < -0.3 is 4.74 Å². The van der Waals surface area contributed by atoms with Crippen LogP contribution in [-0.4, -0.2) is 16.6 Å². The number of fused-ring (bicyclic) bond motifs is 1. The van der Waals surface area contributed by atoms with Crippen LogP contribution in [0.25, 0.3) is 10.9 Å². The van der Waals surface area contributed by atoms with Gasteiger partial charge in [0.05, 0.1) is 17.5 Å². The maximum atomic E-state index is 5.95. The molecule has 0 saturated carbocycles. The SMILES string of the molecule is CCCOc1nc(C)nc2ccc(Cl)cc12. The molecule has 0 aliphatic heterocycles. The van der Waals surface area contributed by atoms with E-state index in [4.69, 9.17) is 16.3 Å². The molecule has 1 aromatic carbocycles. The summed E-state index contributed by atoms with van der Waals surface area (Å²) in [5.74, 6) is 1.33. The number of hydrogen-bond donors (Lipinski definition) is 0. The second-order valence-electron chi connectivity index (χ2n) is 3.59. The van der Waals surface area contributed by atoms with Crippen molar-refractivity contribution in [2.45, 2.75) is 20.3 Å². The molecule has 0 unspecified atom stereocenters. The number of rotatable bonds is 3. The van der Waals surface area contributed by atoms with E-state index in [9.17, 15) is 0 Å². The third-order valence-electron chi connectivity index (χ3n) is 2.18. The van der Waals surface area contributed by atoms with Crippen LogP contribution >= 0.6 is 11.6 Å². The number of nitrogens with zero attached hydrogens (tertiary/aromatic N) is 2. The molecular weight excluding hydrogens is 224 g/mol. The van der Waals surface area contributed by atoms with Gasteiger partial charge in [0.15, 0.2) is 0 Å². The Hall–Kier alpha value is -1.35. The van der Waals surface area contributed by atoms with Crippen LogP contribution in [-0.2, 0) is 0 Å². The Morgan fingerprint density at radius 1 is 1.31 bits per heavy atom. The average Bonchev–Trinajstić information content (AvgIpc) is 2.26. The Morgan fingerprint density at radius 3 is 2.88 bits per heavy atom. The predicted molar refractivity (Wildman–Crippen MR) is 65.1 cm³/mol. The summed E-state index contributed by atoms with van der Waals surface area (Å²) in [6.45, 7) is 4.56. The summed E-state index contributed by atoms with van der Waals surface area (Å²) in [4.78, 5) is 8.62. The molecule has 16 heavy (non-hydrogen) atoms. The highest BCUT2D eigenvalue weighted by molar-refractivity contribution is 6.31. The van der Waals surface area contributed by atoms with Crippen LogP contribution in [0.5, 0.6) is 5.88 Å². The molecule has 0 spiro atoms. The monoisotopic (exact) mass is 236 g/mol. The lowest BCUT2D eigenvalue weighted by atomic mass is 10.2. The summed E-state index contributed by atoms with van der Waals surface area (Å²) < 4.78 is 5.59. The minimum atomic E-state index is 0.617. The van der Waals surface area contributed by atoms with Gasteiger partial charge in [-0.15, -0.1) is 0 Å². The Labute approximate surface area is 99.4 Å². The van der Waals surface area contributed by atoms with Crippen molar-refractivity contribution in [3.05, 3.63) is 29.0 Å². The summed E-state index contributed by atoms with van der Waals surface area (Å²) in [5, 5.41) is 1.54. The van der Waals surface area contributed by atoms with Crippen LogP contribution in [0.3, 0.4) is 0 Å². The van der Waals surface area contributed by atoms with Gasteiger partial charge >= 0.3 is 0 Å². The molecule has 1 aromatic heterocycles.